The van der Waals surface area contributed by atoms with Crippen molar-refractivity contribution in [1.29, 1.82) is 0 Å². The third-order valence-electron chi connectivity index (χ3n) is 4.54. The molecule has 7 heteroatoms. The van der Waals surface area contributed by atoms with Gasteiger partial charge in [0.2, 0.25) is 0 Å². The highest BCUT2D eigenvalue weighted by Crippen LogP contribution is 2.35. The monoisotopic (exact) mass is 323 g/mol. The van der Waals surface area contributed by atoms with Crippen LogP contribution < -0.4 is 5.73 Å². The van der Waals surface area contributed by atoms with Gasteiger partial charge in [0.05, 0.1) is 18.3 Å². The van der Waals surface area contributed by atoms with Crippen LogP contribution in [0.15, 0.2) is 18.3 Å². The van der Waals surface area contributed by atoms with Gasteiger partial charge in [-0.2, -0.15) is 0 Å². The molecule has 1 aliphatic rings. The fourth-order valence-corrected chi connectivity index (χ4v) is 3.09. The number of nitrogens with two attached hydrogens (primary N) is 1. The van der Waals surface area contributed by atoms with Crippen LogP contribution in [-0.2, 0) is 4.74 Å². The van der Waals surface area contributed by atoms with E-state index in [2.05, 4.69) is 4.98 Å². The van der Waals surface area contributed by atoms with Crippen molar-refractivity contribution >= 4 is 11.7 Å². The van der Waals surface area contributed by atoms with E-state index in [-0.39, 0.29) is 12.5 Å². The fourth-order valence-electron chi connectivity index (χ4n) is 3.09. The average Bonchev–Trinajstić information content (AvgIpc) is 2.57. The van der Waals surface area contributed by atoms with Gasteiger partial charge >= 0.3 is 0 Å². The van der Waals surface area contributed by atoms with Gasteiger partial charge in [-0.15, -0.1) is 0 Å². The van der Waals surface area contributed by atoms with E-state index < -0.39 is 11.5 Å². The van der Waals surface area contributed by atoms with E-state index in [4.69, 9.17) is 10.5 Å². The van der Waals surface area contributed by atoms with Gasteiger partial charge < -0.3 is 25.6 Å². The average molecular weight is 323 g/mol. The highest BCUT2D eigenvalue weighted by molar-refractivity contribution is 5.94. The lowest BCUT2D eigenvalue weighted by molar-refractivity contribution is -0.0745. The highest BCUT2D eigenvalue weighted by atomic mass is 16.5. The topological polar surface area (TPSA) is 109 Å². The smallest absolute Gasteiger partial charge is 0.255 e. The van der Waals surface area contributed by atoms with E-state index in [1.165, 1.54) is 6.20 Å². The number of nitrogen functional groups attached to an aromatic ring is 1. The lowest BCUT2D eigenvalue weighted by Crippen LogP contribution is -2.55. The summed E-state index contributed by atoms with van der Waals surface area (Å²) >= 11 is 0. The molecule has 0 radical (unpaired) electrons. The van der Waals surface area contributed by atoms with Crippen LogP contribution in [0, 0.1) is 5.41 Å². The molecule has 0 spiro atoms. The molecule has 0 saturated carbocycles. The molecule has 1 amide bonds. The second kappa shape index (κ2) is 7.72. The number of carbonyl (C=O) groups excluding carboxylic acids is 1. The molecule has 1 aromatic rings. The van der Waals surface area contributed by atoms with Crippen molar-refractivity contribution in [3.63, 3.8) is 0 Å². The maximum Gasteiger partial charge on any atom is 0.255 e. The number of nitrogens with zero attached hydrogens (tertiary/aromatic N) is 2. The standard InChI is InChI=1S/C16H25N3O4/c1-23-8-2-6-16(11-20)10-19(7-5-13(16)21)15(22)12-3-4-14(17)18-9-12/h3-4,9,13,20-21H,2,5-8,10-11H2,1H3,(H2,17,18)/t13-,16+/m1/s1. The number of rotatable bonds is 6. The predicted octanol–water partition coefficient (Wildman–Crippen LogP) is 0.276. The summed E-state index contributed by atoms with van der Waals surface area (Å²) in [7, 11) is 1.62. The molecule has 1 fully saturated rings. The van der Waals surface area contributed by atoms with Crippen molar-refractivity contribution in [3.05, 3.63) is 23.9 Å². The van der Waals surface area contributed by atoms with Crippen LogP contribution in [0.1, 0.15) is 29.6 Å². The summed E-state index contributed by atoms with van der Waals surface area (Å²) in [6.45, 7) is 1.17. The Kier molecular flexibility index (Phi) is 5.92. The first-order valence-corrected chi connectivity index (χ1v) is 7.81. The van der Waals surface area contributed by atoms with Crippen molar-refractivity contribution in [2.24, 2.45) is 5.41 Å². The third-order valence-corrected chi connectivity index (χ3v) is 4.54. The number of anilines is 1. The van der Waals surface area contributed by atoms with Gasteiger partial charge in [-0.1, -0.05) is 0 Å². The zero-order valence-corrected chi connectivity index (χ0v) is 13.4. The number of hydrogen-bond donors (Lipinski definition) is 3. The van der Waals surface area contributed by atoms with E-state index in [0.29, 0.717) is 43.9 Å². The summed E-state index contributed by atoms with van der Waals surface area (Å²) in [5, 5.41) is 20.2. The number of pyridine rings is 1. The summed E-state index contributed by atoms with van der Waals surface area (Å²) < 4.78 is 5.05. The van der Waals surface area contributed by atoms with Crippen molar-refractivity contribution < 1.29 is 19.7 Å². The van der Waals surface area contributed by atoms with Crippen LogP contribution in [0.4, 0.5) is 5.82 Å². The molecule has 7 nitrogen and oxygen atoms in total. The van der Waals surface area contributed by atoms with Crippen molar-refractivity contribution in [2.75, 3.05) is 39.1 Å². The molecular formula is C16H25N3O4. The molecule has 0 unspecified atom stereocenters. The van der Waals surface area contributed by atoms with Gasteiger partial charge in [0.25, 0.3) is 5.91 Å². The van der Waals surface area contributed by atoms with E-state index >= 15 is 0 Å². The van der Waals surface area contributed by atoms with Crippen LogP contribution in [0.5, 0.6) is 0 Å². The number of aliphatic hydroxyl groups excluding tert-OH is 2. The van der Waals surface area contributed by atoms with E-state index in [9.17, 15) is 15.0 Å². The van der Waals surface area contributed by atoms with Crippen molar-refractivity contribution in [3.8, 4) is 0 Å². The van der Waals surface area contributed by atoms with Crippen LogP contribution in [0.2, 0.25) is 0 Å². The van der Waals surface area contributed by atoms with Gasteiger partial charge in [0.1, 0.15) is 5.82 Å². The number of aliphatic hydroxyl groups is 2. The van der Waals surface area contributed by atoms with Gasteiger partial charge in [-0.25, -0.2) is 4.98 Å². The SMILES string of the molecule is COCCC[C@@]1(CO)CN(C(=O)c2ccc(N)nc2)CC[C@H]1O. The Morgan fingerprint density at radius 2 is 2.35 bits per heavy atom. The summed E-state index contributed by atoms with van der Waals surface area (Å²) in [4.78, 5) is 18.2. The zero-order valence-electron chi connectivity index (χ0n) is 13.4. The van der Waals surface area contributed by atoms with E-state index in [1.807, 2.05) is 0 Å². The number of methoxy groups -OCH3 is 1. The number of aromatic nitrogens is 1. The highest BCUT2D eigenvalue weighted by Gasteiger charge is 2.43. The van der Waals surface area contributed by atoms with Crippen molar-refractivity contribution in [2.45, 2.75) is 25.4 Å². The largest absolute Gasteiger partial charge is 0.396 e. The van der Waals surface area contributed by atoms with Gasteiger partial charge in [0.15, 0.2) is 0 Å². The molecule has 23 heavy (non-hydrogen) atoms. The number of ether oxygens (including phenoxy) is 1. The molecule has 0 aliphatic carbocycles. The summed E-state index contributed by atoms with van der Waals surface area (Å²) in [5.74, 6) is 0.203. The molecule has 2 rings (SSSR count). The summed E-state index contributed by atoms with van der Waals surface area (Å²) in [6, 6.07) is 3.23. The molecule has 128 valence electrons. The number of hydrogen-bond acceptors (Lipinski definition) is 6. The molecule has 0 bridgehead atoms. The molecule has 0 aromatic carbocycles. The summed E-state index contributed by atoms with van der Waals surface area (Å²) in [5.41, 5.74) is 5.30. The molecule has 1 saturated heterocycles. The lowest BCUT2D eigenvalue weighted by Gasteiger charge is -2.45. The Morgan fingerprint density at radius 1 is 1.57 bits per heavy atom. The van der Waals surface area contributed by atoms with E-state index in [1.54, 1.807) is 24.1 Å². The molecule has 1 aliphatic heterocycles. The molecule has 2 atom stereocenters. The predicted molar refractivity (Wildman–Crippen MR) is 85.8 cm³/mol. The minimum atomic E-state index is -0.701. The minimum Gasteiger partial charge on any atom is -0.396 e. The van der Waals surface area contributed by atoms with Gasteiger partial charge in [-0.05, 0) is 31.4 Å². The molecular weight excluding hydrogens is 298 g/mol. The Bertz CT molecular complexity index is 523. The molecule has 2 heterocycles. The first-order valence-electron chi connectivity index (χ1n) is 7.81. The number of carbonyl (C=O) groups is 1. The van der Waals surface area contributed by atoms with E-state index in [0.717, 1.165) is 6.42 Å². The molecule has 4 N–H and O–H groups in total. The van der Waals surface area contributed by atoms with Crippen LogP contribution in [0.25, 0.3) is 0 Å². The normalized spacial score (nSPS) is 24.7. The first-order chi connectivity index (χ1) is 11.0. The lowest BCUT2D eigenvalue weighted by atomic mass is 9.74. The summed E-state index contributed by atoms with van der Waals surface area (Å²) in [6.07, 6.45) is 2.59. The third kappa shape index (κ3) is 3.99. The Labute approximate surface area is 136 Å². The second-order valence-corrected chi connectivity index (χ2v) is 6.12. The van der Waals surface area contributed by atoms with Gasteiger partial charge in [0, 0.05) is 38.4 Å². The second-order valence-electron chi connectivity index (χ2n) is 6.12. The Balaban J connectivity index is 2.11. The van der Waals surface area contributed by atoms with Gasteiger partial charge in [-0.3, -0.25) is 4.79 Å². The minimum absolute atomic E-state index is 0.158. The molecule has 1 aromatic heterocycles. The van der Waals surface area contributed by atoms with Crippen LogP contribution in [0.3, 0.4) is 0 Å². The van der Waals surface area contributed by atoms with Crippen molar-refractivity contribution in [1.82, 2.24) is 9.88 Å². The Hall–Kier alpha value is -1.70. The number of piperidine rings is 1. The quantitative estimate of drug-likeness (QED) is 0.649. The van der Waals surface area contributed by atoms with Crippen LogP contribution in [-0.4, -0.2) is 65.5 Å². The zero-order chi connectivity index (χ0) is 16.9. The maximum atomic E-state index is 12.6. The number of likely N-dealkylation sites (tertiary alicyclic amines) is 1. The fraction of sp³-hybridized carbons (Fsp3) is 0.625. The first kappa shape index (κ1) is 17.7. The Morgan fingerprint density at radius 3 is 2.96 bits per heavy atom. The number of amides is 1. The van der Waals surface area contributed by atoms with Crippen LogP contribution >= 0.6 is 0 Å². The maximum absolute atomic E-state index is 12.6.